The Bertz CT molecular complexity index is 773. The molecule has 2 heterocycles. The van der Waals surface area contributed by atoms with Crippen molar-refractivity contribution in [3.8, 4) is 0 Å². The second-order valence-electron chi connectivity index (χ2n) is 5.51. The predicted molar refractivity (Wildman–Crippen MR) is 93.5 cm³/mol. The number of rotatable bonds is 6. The fraction of sp³-hybridized carbons (Fsp3) is 0.278. The molecule has 1 aromatic carbocycles. The van der Waals surface area contributed by atoms with E-state index >= 15 is 0 Å². The number of aromatic nitrogens is 3. The molecule has 5 heteroatoms. The number of nitrogens with two attached hydrogens (primary N) is 1. The Morgan fingerprint density at radius 3 is 2.61 bits per heavy atom. The first kappa shape index (κ1) is 15.4. The summed E-state index contributed by atoms with van der Waals surface area (Å²) in [4.78, 5) is 15.9. The Morgan fingerprint density at radius 2 is 1.83 bits per heavy atom. The zero-order chi connectivity index (χ0) is 16.1. The Kier molecular flexibility index (Phi) is 4.78. The molecule has 0 aliphatic carbocycles. The quantitative estimate of drug-likeness (QED) is 0.756. The maximum atomic E-state index is 5.66. The van der Waals surface area contributed by atoms with E-state index in [0.29, 0.717) is 13.0 Å². The fourth-order valence-electron chi connectivity index (χ4n) is 2.57. The van der Waals surface area contributed by atoms with Gasteiger partial charge in [-0.25, -0.2) is 9.97 Å². The minimum Gasteiger partial charge on any atom is -0.359 e. The van der Waals surface area contributed by atoms with Crippen molar-refractivity contribution in [2.45, 2.75) is 12.8 Å². The van der Waals surface area contributed by atoms with Crippen LogP contribution >= 0.6 is 0 Å². The van der Waals surface area contributed by atoms with Gasteiger partial charge < -0.3 is 10.6 Å². The van der Waals surface area contributed by atoms with Gasteiger partial charge in [0.15, 0.2) is 0 Å². The third kappa shape index (κ3) is 3.63. The third-order valence-electron chi connectivity index (χ3n) is 3.79. The highest BCUT2D eigenvalue weighted by Gasteiger charge is 2.11. The van der Waals surface area contributed by atoms with Crippen molar-refractivity contribution in [1.29, 1.82) is 0 Å². The number of hydrogen-bond donors (Lipinski definition) is 1. The molecular formula is C18H21N5. The molecule has 5 nitrogen and oxygen atoms in total. The van der Waals surface area contributed by atoms with Crippen LogP contribution in [-0.4, -0.2) is 35.1 Å². The molecule has 2 aromatic heterocycles. The van der Waals surface area contributed by atoms with Gasteiger partial charge in [0.25, 0.3) is 0 Å². The monoisotopic (exact) mass is 307 g/mol. The van der Waals surface area contributed by atoms with Crippen LogP contribution in [0.4, 0.5) is 5.82 Å². The standard InChI is InChI=1S/C18H21N5/c1-23(13-10-14-6-4-5-12-20-14)18-15-7-2-3-8-16(15)21-17(22-18)9-11-19/h2-8,12H,9-11,13,19H2,1H3. The number of fused-ring (bicyclic) bond motifs is 1. The van der Waals surface area contributed by atoms with Gasteiger partial charge in [0, 0.05) is 43.7 Å². The van der Waals surface area contributed by atoms with E-state index in [1.165, 1.54) is 0 Å². The van der Waals surface area contributed by atoms with Crippen LogP contribution in [0.3, 0.4) is 0 Å². The number of pyridine rings is 1. The van der Waals surface area contributed by atoms with E-state index < -0.39 is 0 Å². The van der Waals surface area contributed by atoms with Crippen molar-refractivity contribution in [1.82, 2.24) is 15.0 Å². The van der Waals surface area contributed by atoms with Crippen molar-refractivity contribution in [3.63, 3.8) is 0 Å². The zero-order valence-corrected chi connectivity index (χ0v) is 13.3. The molecule has 3 aromatic rings. The normalized spacial score (nSPS) is 10.9. The number of para-hydroxylation sites is 1. The second-order valence-corrected chi connectivity index (χ2v) is 5.51. The molecular weight excluding hydrogens is 286 g/mol. The van der Waals surface area contributed by atoms with Gasteiger partial charge in [-0.1, -0.05) is 18.2 Å². The number of benzene rings is 1. The van der Waals surface area contributed by atoms with Crippen molar-refractivity contribution in [2.24, 2.45) is 5.73 Å². The fourth-order valence-corrected chi connectivity index (χ4v) is 2.57. The Morgan fingerprint density at radius 1 is 1.00 bits per heavy atom. The lowest BCUT2D eigenvalue weighted by Crippen LogP contribution is -2.23. The van der Waals surface area contributed by atoms with E-state index in [1.807, 2.05) is 42.6 Å². The highest BCUT2D eigenvalue weighted by atomic mass is 15.2. The summed E-state index contributed by atoms with van der Waals surface area (Å²) in [7, 11) is 2.06. The molecule has 0 saturated carbocycles. The summed E-state index contributed by atoms with van der Waals surface area (Å²) in [5.41, 5.74) is 7.71. The minimum atomic E-state index is 0.551. The van der Waals surface area contributed by atoms with E-state index in [4.69, 9.17) is 10.7 Å². The first-order chi connectivity index (χ1) is 11.3. The maximum absolute atomic E-state index is 5.66. The van der Waals surface area contributed by atoms with E-state index in [9.17, 15) is 0 Å². The number of anilines is 1. The number of nitrogens with zero attached hydrogens (tertiary/aromatic N) is 4. The largest absolute Gasteiger partial charge is 0.359 e. The molecule has 0 fully saturated rings. The number of likely N-dealkylation sites (N-methyl/N-ethyl adjacent to an activating group) is 1. The van der Waals surface area contributed by atoms with Crippen LogP contribution in [0, 0.1) is 0 Å². The Balaban J connectivity index is 1.87. The molecule has 0 spiro atoms. The molecule has 0 aliphatic heterocycles. The van der Waals surface area contributed by atoms with Crippen LogP contribution in [0.25, 0.3) is 10.9 Å². The smallest absolute Gasteiger partial charge is 0.139 e. The molecule has 0 bridgehead atoms. The van der Waals surface area contributed by atoms with Gasteiger partial charge in [-0.2, -0.15) is 0 Å². The summed E-state index contributed by atoms with van der Waals surface area (Å²) in [5, 5.41) is 1.07. The van der Waals surface area contributed by atoms with Crippen LogP contribution in [-0.2, 0) is 12.8 Å². The molecule has 2 N–H and O–H groups in total. The van der Waals surface area contributed by atoms with Gasteiger partial charge in [-0.3, -0.25) is 4.98 Å². The Hall–Kier alpha value is -2.53. The van der Waals surface area contributed by atoms with Gasteiger partial charge in [-0.05, 0) is 30.8 Å². The van der Waals surface area contributed by atoms with Crippen LogP contribution in [0.5, 0.6) is 0 Å². The highest BCUT2D eigenvalue weighted by Crippen LogP contribution is 2.23. The van der Waals surface area contributed by atoms with Crippen molar-refractivity contribution in [3.05, 3.63) is 60.2 Å². The summed E-state index contributed by atoms with van der Waals surface area (Å²) < 4.78 is 0. The summed E-state index contributed by atoms with van der Waals surface area (Å²) in [5.74, 6) is 1.75. The topological polar surface area (TPSA) is 67.9 Å². The maximum Gasteiger partial charge on any atom is 0.139 e. The first-order valence-corrected chi connectivity index (χ1v) is 7.84. The zero-order valence-electron chi connectivity index (χ0n) is 13.3. The average molecular weight is 307 g/mol. The van der Waals surface area contributed by atoms with Crippen molar-refractivity contribution >= 4 is 16.7 Å². The van der Waals surface area contributed by atoms with Crippen molar-refractivity contribution < 1.29 is 0 Å². The predicted octanol–water partition coefficient (Wildman–Crippen LogP) is 2.20. The third-order valence-corrected chi connectivity index (χ3v) is 3.79. The van der Waals surface area contributed by atoms with Gasteiger partial charge in [0.1, 0.15) is 11.6 Å². The molecule has 0 radical (unpaired) electrons. The number of hydrogen-bond acceptors (Lipinski definition) is 5. The van der Waals surface area contributed by atoms with E-state index in [2.05, 4.69) is 28.0 Å². The highest BCUT2D eigenvalue weighted by molar-refractivity contribution is 5.89. The molecule has 118 valence electrons. The molecule has 0 unspecified atom stereocenters. The van der Waals surface area contributed by atoms with Crippen molar-refractivity contribution in [2.75, 3.05) is 25.0 Å². The lowest BCUT2D eigenvalue weighted by Gasteiger charge is -2.20. The van der Waals surface area contributed by atoms with Gasteiger partial charge >= 0.3 is 0 Å². The summed E-state index contributed by atoms with van der Waals surface area (Å²) in [6, 6.07) is 14.1. The molecule has 3 rings (SSSR count). The summed E-state index contributed by atoms with van der Waals surface area (Å²) >= 11 is 0. The summed E-state index contributed by atoms with van der Waals surface area (Å²) in [6.45, 7) is 1.40. The van der Waals surface area contributed by atoms with E-state index in [-0.39, 0.29) is 0 Å². The molecule has 0 amide bonds. The van der Waals surface area contributed by atoms with Crippen LogP contribution in [0.1, 0.15) is 11.5 Å². The van der Waals surface area contributed by atoms with Gasteiger partial charge in [0.05, 0.1) is 5.52 Å². The lowest BCUT2D eigenvalue weighted by molar-refractivity contribution is 0.820. The van der Waals surface area contributed by atoms with Gasteiger partial charge in [0.2, 0.25) is 0 Å². The second kappa shape index (κ2) is 7.15. The summed E-state index contributed by atoms with van der Waals surface area (Å²) in [6.07, 6.45) is 3.39. The van der Waals surface area contributed by atoms with E-state index in [1.54, 1.807) is 0 Å². The Labute approximate surface area is 136 Å². The first-order valence-electron chi connectivity index (χ1n) is 7.84. The van der Waals surface area contributed by atoms with Crippen LogP contribution in [0.2, 0.25) is 0 Å². The van der Waals surface area contributed by atoms with Gasteiger partial charge in [-0.15, -0.1) is 0 Å². The SMILES string of the molecule is CN(CCc1ccccn1)c1nc(CCN)nc2ccccc12. The van der Waals surface area contributed by atoms with Crippen LogP contribution < -0.4 is 10.6 Å². The molecule has 23 heavy (non-hydrogen) atoms. The molecule has 0 saturated heterocycles. The minimum absolute atomic E-state index is 0.551. The molecule has 0 atom stereocenters. The van der Waals surface area contributed by atoms with E-state index in [0.717, 1.165) is 41.2 Å². The van der Waals surface area contributed by atoms with Crippen LogP contribution in [0.15, 0.2) is 48.7 Å². The molecule has 0 aliphatic rings. The lowest BCUT2D eigenvalue weighted by atomic mass is 10.2. The average Bonchev–Trinajstić information content (AvgIpc) is 2.60.